The van der Waals surface area contributed by atoms with Gasteiger partial charge in [-0.2, -0.15) is 0 Å². The minimum atomic E-state index is -3.47. The summed E-state index contributed by atoms with van der Waals surface area (Å²) in [5.41, 5.74) is 4.62. The van der Waals surface area contributed by atoms with Crippen molar-refractivity contribution in [3.05, 3.63) is 89.5 Å². The van der Waals surface area contributed by atoms with Crippen LogP contribution in [0.4, 0.5) is 17.1 Å². The van der Waals surface area contributed by atoms with Gasteiger partial charge in [0.25, 0.3) is 5.91 Å². The number of likely N-dealkylation sites (tertiary alicyclic amines) is 1. The van der Waals surface area contributed by atoms with E-state index in [2.05, 4.69) is 15.5 Å². The van der Waals surface area contributed by atoms with Crippen LogP contribution >= 0.6 is 0 Å². The van der Waals surface area contributed by atoms with Crippen LogP contribution in [0.5, 0.6) is 0 Å². The van der Waals surface area contributed by atoms with Gasteiger partial charge in [0.15, 0.2) is 0 Å². The lowest BCUT2D eigenvalue weighted by Crippen LogP contribution is -2.40. The summed E-state index contributed by atoms with van der Waals surface area (Å²) in [6.45, 7) is 3.06. The Bertz CT molecular complexity index is 1560. The van der Waals surface area contributed by atoms with E-state index in [4.69, 9.17) is 4.74 Å². The number of anilines is 3. The van der Waals surface area contributed by atoms with Gasteiger partial charge in [-0.05, 0) is 67.9 Å². The second-order valence-corrected chi connectivity index (χ2v) is 12.1. The number of piperidine rings is 1. The van der Waals surface area contributed by atoms with Crippen LogP contribution < -0.4 is 14.9 Å². The molecule has 10 heteroatoms. The van der Waals surface area contributed by atoms with Crippen molar-refractivity contribution in [3.63, 3.8) is 0 Å². The van der Waals surface area contributed by atoms with Crippen LogP contribution in [0.2, 0.25) is 0 Å². The molecule has 3 aromatic carbocycles. The average molecular weight is 575 g/mol. The molecule has 5 rings (SSSR count). The zero-order chi connectivity index (χ0) is 29.0. The zero-order valence-electron chi connectivity index (χ0n) is 23.2. The first-order valence-electron chi connectivity index (χ1n) is 13.7. The second-order valence-electron chi connectivity index (χ2n) is 10.2. The largest absolute Gasteiger partial charge is 0.465 e. The SMILES string of the molecule is COC(=O)c1ccc2c(c1)NC(=O)/C2=C(\Nc1ccc(N(CCN2CCCCC2)S(C)(=O)=O)cc1)c1ccccc1. The number of amides is 1. The summed E-state index contributed by atoms with van der Waals surface area (Å²) in [7, 11) is -2.16. The Morgan fingerprint density at radius 3 is 2.34 bits per heavy atom. The first kappa shape index (κ1) is 28.4. The summed E-state index contributed by atoms with van der Waals surface area (Å²) >= 11 is 0. The maximum atomic E-state index is 13.2. The molecule has 2 heterocycles. The monoisotopic (exact) mass is 574 g/mol. The van der Waals surface area contributed by atoms with Gasteiger partial charge in [-0.15, -0.1) is 0 Å². The molecule has 1 amide bonds. The van der Waals surface area contributed by atoms with E-state index >= 15 is 0 Å². The molecule has 0 unspecified atom stereocenters. The number of carbonyl (C=O) groups is 2. The molecule has 2 aliphatic rings. The van der Waals surface area contributed by atoms with Crippen molar-refractivity contribution >= 4 is 50.2 Å². The average Bonchev–Trinajstić information content (AvgIpc) is 3.31. The molecule has 9 nitrogen and oxygen atoms in total. The van der Waals surface area contributed by atoms with Gasteiger partial charge in [0.1, 0.15) is 0 Å². The summed E-state index contributed by atoms with van der Waals surface area (Å²) in [6.07, 6.45) is 4.75. The minimum absolute atomic E-state index is 0.300. The molecule has 0 radical (unpaired) electrons. The van der Waals surface area contributed by atoms with Crippen molar-refractivity contribution in [1.29, 1.82) is 0 Å². The fraction of sp³-hybridized carbons (Fsp3) is 0.290. The number of ether oxygens (including phenoxy) is 1. The molecular weight excluding hydrogens is 540 g/mol. The highest BCUT2D eigenvalue weighted by Crippen LogP contribution is 2.38. The third-order valence-electron chi connectivity index (χ3n) is 7.39. The Kier molecular flexibility index (Phi) is 8.41. The van der Waals surface area contributed by atoms with Gasteiger partial charge in [-0.3, -0.25) is 9.10 Å². The molecule has 0 bridgehead atoms. The van der Waals surface area contributed by atoms with E-state index in [1.54, 1.807) is 30.3 Å². The summed E-state index contributed by atoms with van der Waals surface area (Å²) < 4.78 is 31.6. The molecule has 2 aliphatic heterocycles. The van der Waals surface area contributed by atoms with E-state index in [0.717, 1.165) is 31.5 Å². The number of fused-ring (bicyclic) bond motifs is 1. The topological polar surface area (TPSA) is 108 Å². The Hall–Kier alpha value is -4.15. The fourth-order valence-corrected chi connectivity index (χ4v) is 6.22. The number of methoxy groups -OCH3 is 1. The van der Waals surface area contributed by atoms with E-state index in [-0.39, 0.29) is 5.91 Å². The predicted octanol–water partition coefficient (Wildman–Crippen LogP) is 4.66. The lowest BCUT2D eigenvalue weighted by Gasteiger charge is -2.30. The minimum Gasteiger partial charge on any atom is -0.465 e. The van der Waals surface area contributed by atoms with Crippen LogP contribution in [0.3, 0.4) is 0 Å². The first-order chi connectivity index (χ1) is 19.7. The summed E-state index contributed by atoms with van der Waals surface area (Å²) in [5, 5.41) is 6.26. The Morgan fingerprint density at radius 2 is 1.68 bits per heavy atom. The third-order valence-corrected chi connectivity index (χ3v) is 8.58. The number of sulfonamides is 1. The molecular formula is C31H34N4O5S. The molecule has 1 fully saturated rings. The van der Waals surface area contributed by atoms with E-state index < -0.39 is 16.0 Å². The molecule has 1 saturated heterocycles. The van der Waals surface area contributed by atoms with E-state index in [9.17, 15) is 18.0 Å². The van der Waals surface area contributed by atoms with Crippen LogP contribution in [0.25, 0.3) is 11.3 Å². The number of esters is 1. The Balaban J connectivity index is 1.45. The molecule has 2 N–H and O–H groups in total. The number of nitrogens with zero attached hydrogens (tertiary/aromatic N) is 2. The van der Waals surface area contributed by atoms with Crippen molar-refractivity contribution in [2.75, 3.05) is 54.5 Å². The molecule has 0 atom stereocenters. The lowest BCUT2D eigenvalue weighted by atomic mass is 9.99. The molecule has 0 saturated carbocycles. The first-order valence-corrected chi connectivity index (χ1v) is 15.5. The number of hydrogen-bond acceptors (Lipinski definition) is 7. The molecule has 0 spiro atoms. The van der Waals surface area contributed by atoms with Gasteiger partial charge < -0.3 is 20.3 Å². The normalized spacial score (nSPS) is 16.5. The number of rotatable bonds is 9. The van der Waals surface area contributed by atoms with Gasteiger partial charge in [0, 0.05) is 24.3 Å². The molecule has 214 valence electrons. The third kappa shape index (κ3) is 6.44. The van der Waals surface area contributed by atoms with E-state index in [1.807, 2.05) is 42.5 Å². The van der Waals surface area contributed by atoms with Gasteiger partial charge in [0.2, 0.25) is 10.0 Å². The van der Waals surface area contributed by atoms with Crippen LogP contribution in [0, 0.1) is 0 Å². The van der Waals surface area contributed by atoms with E-state index in [0.29, 0.717) is 52.5 Å². The highest BCUT2D eigenvalue weighted by molar-refractivity contribution is 7.92. The van der Waals surface area contributed by atoms with Crippen LogP contribution in [-0.2, 0) is 19.6 Å². The smallest absolute Gasteiger partial charge is 0.337 e. The van der Waals surface area contributed by atoms with Crippen molar-refractivity contribution in [3.8, 4) is 0 Å². The molecule has 0 aromatic heterocycles. The quantitative estimate of drug-likeness (QED) is 0.283. The predicted molar refractivity (Wildman–Crippen MR) is 162 cm³/mol. The van der Waals surface area contributed by atoms with Crippen molar-refractivity contribution in [2.24, 2.45) is 0 Å². The van der Waals surface area contributed by atoms with Crippen LogP contribution in [-0.4, -0.2) is 64.7 Å². The maximum Gasteiger partial charge on any atom is 0.337 e. The van der Waals surface area contributed by atoms with Crippen molar-refractivity contribution in [2.45, 2.75) is 19.3 Å². The number of nitrogens with one attached hydrogen (secondary N) is 2. The van der Waals surface area contributed by atoms with Crippen LogP contribution in [0.15, 0.2) is 72.8 Å². The lowest BCUT2D eigenvalue weighted by molar-refractivity contribution is -0.110. The van der Waals surface area contributed by atoms with Gasteiger partial charge in [-0.1, -0.05) is 42.8 Å². The highest BCUT2D eigenvalue weighted by Gasteiger charge is 2.29. The summed E-state index contributed by atoms with van der Waals surface area (Å²) in [6, 6.07) is 21.6. The number of benzene rings is 3. The summed E-state index contributed by atoms with van der Waals surface area (Å²) in [5.74, 6) is -0.786. The van der Waals surface area contributed by atoms with Gasteiger partial charge >= 0.3 is 5.97 Å². The highest BCUT2D eigenvalue weighted by atomic mass is 32.2. The molecule has 41 heavy (non-hydrogen) atoms. The Morgan fingerprint density at radius 1 is 0.976 bits per heavy atom. The van der Waals surface area contributed by atoms with Gasteiger partial charge in [0.05, 0.1) is 41.6 Å². The van der Waals surface area contributed by atoms with Crippen molar-refractivity contribution in [1.82, 2.24) is 4.90 Å². The Labute approximate surface area is 240 Å². The van der Waals surface area contributed by atoms with Crippen molar-refractivity contribution < 1.29 is 22.7 Å². The van der Waals surface area contributed by atoms with Gasteiger partial charge in [-0.25, -0.2) is 13.2 Å². The number of hydrogen-bond donors (Lipinski definition) is 2. The molecule has 0 aliphatic carbocycles. The molecule has 3 aromatic rings. The van der Waals surface area contributed by atoms with E-state index in [1.165, 1.54) is 24.1 Å². The summed E-state index contributed by atoms with van der Waals surface area (Å²) in [4.78, 5) is 27.6. The van der Waals surface area contributed by atoms with Crippen LogP contribution in [0.1, 0.15) is 40.7 Å². The second kappa shape index (κ2) is 12.2. The number of carbonyl (C=O) groups excluding carboxylic acids is 2. The standard InChI is InChI=1S/C31H34N4O5S/c1-40-31(37)23-11-16-26-27(21-23)33-30(36)28(26)29(22-9-5-3-6-10-22)32-24-12-14-25(15-13-24)35(41(2,38)39)20-19-34-17-7-4-8-18-34/h3,5-6,9-16,21,32H,4,7-8,17-20H2,1-2H3,(H,33,36)/b29-28-. The maximum absolute atomic E-state index is 13.2. The fourth-order valence-electron chi connectivity index (χ4n) is 5.31. The zero-order valence-corrected chi connectivity index (χ0v) is 24.0.